The summed E-state index contributed by atoms with van der Waals surface area (Å²) in [5.41, 5.74) is 0.683. The third-order valence-corrected chi connectivity index (χ3v) is 4.29. The molecule has 0 aliphatic heterocycles. The maximum Gasteiger partial charge on any atom is 0.111 e. The summed E-state index contributed by atoms with van der Waals surface area (Å²) in [6, 6.07) is 0. The Morgan fingerprint density at radius 2 is 2.38 bits per heavy atom. The average molecular weight is 221 g/mol. The van der Waals surface area contributed by atoms with Gasteiger partial charge in [0.05, 0.1) is 12.3 Å². The predicted octanol–water partition coefficient (Wildman–Crippen LogP) is 1.77. The van der Waals surface area contributed by atoms with E-state index in [2.05, 4.69) is 10.3 Å². The van der Waals surface area contributed by atoms with Crippen molar-refractivity contribution >= 4 is 0 Å². The highest BCUT2D eigenvalue weighted by Crippen LogP contribution is 2.48. The molecule has 2 saturated carbocycles. The maximum atomic E-state index is 9.39. The van der Waals surface area contributed by atoms with E-state index in [0.29, 0.717) is 5.69 Å². The van der Waals surface area contributed by atoms with Crippen LogP contribution in [-0.4, -0.2) is 20.1 Å². The van der Waals surface area contributed by atoms with E-state index in [1.165, 1.54) is 25.7 Å². The van der Waals surface area contributed by atoms with Gasteiger partial charge < -0.3 is 5.11 Å². The van der Waals surface area contributed by atoms with Gasteiger partial charge in [0.15, 0.2) is 0 Å². The summed E-state index contributed by atoms with van der Waals surface area (Å²) < 4.78 is 1.91. The van der Waals surface area contributed by atoms with Crippen molar-refractivity contribution in [3.05, 3.63) is 11.9 Å². The summed E-state index contributed by atoms with van der Waals surface area (Å²) in [5, 5.41) is 17.5. The van der Waals surface area contributed by atoms with Crippen molar-refractivity contribution in [2.45, 2.75) is 45.3 Å². The lowest BCUT2D eigenvalue weighted by atomic mass is 9.89. The van der Waals surface area contributed by atoms with Crippen LogP contribution < -0.4 is 0 Å². The van der Waals surface area contributed by atoms with Crippen LogP contribution in [0.25, 0.3) is 0 Å². The Morgan fingerprint density at radius 1 is 1.50 bits per heavy atom. The predicted molar refractivity (Wildman–Crippen MR) is 59.6 cm³/mol. The van der Waals surface area contributed by atoms with E-state index in [-0.39, 0.29) is 0 Å². The first kappa shape index (κ1) is 10.3. The van der Waals surface area contributed by atoms with Crippen molar-refractivity contribution in [3.8, 4) is 0 Å². The Hall–Kier alpha value is -0.900. The normalized spacial score (nSPS) is 34.5. The van der Waals surface area contributed by atoms with Gasteiger partial charge in [0.2, 0.25) is 0 Å². The fraction of sp³-hybridized carbons (Fsp3) is 0.833. The molecule has 1 aromatic heterocycles. The molecule has 3 rings (SSSR count). The summed E-state index contributed by atoms with van der Waals surface area (Å²) in [4.78, 5) is 0. The standard InChI is InChI=1S/C12H19N3O/c1-8(16)12-7-15(14-13-12)6-11-5-9-2-3-10(11)4-9/h7-11,16H,2-6H2,1H3. The van der Waals surface area contributed by atoms with E-state index in [0.717, 1.165) is 24.3 Å². The fourth-order valence-electron chi connectivity index (χ4n) is 3.43. The molecule has 0 radical (unpaired) electrons. The van der Waals surface area contributed by atoms with Gasteiger partial charge in [-0.1, -0.05) is 11.6 Å². The molecule has 88 valence electrons. The average Bonchev–Trinajstić information content (AvgIpc) is 2.91. The fourth-order valence-corrected chi connectivity index (χ4v) is 3.43. The molecule has 1 aromatic rings. The quantitative estimate of drug-likeness (QED) is 0.846. The zero-order valence-corrected chi connectivity index (χ0v) is 9.71. The molecule has 16 heavy (non-hydrogen) atoms. The number of fused-ring (bicyclic) bond motifs is 2. The van der Waals surface area contributed by atoms with Crippen LogP contribution in [0.2, 0.25) is 0 Å². The van der Waals surface area contributed by atoms with Gasteiger partial charge in [-0.3, -0.25) is 4.68 Å². The molecule has 0 spiro atoms. The Labute approximate surface area is 95.7 Å². The van der Waals surface area contributed by atoms with Gasteiger partial charge in [0.25, 0.3) is 0 Å². The first-order valence-electron chi connectivity index (χ1n) is 6.30. The molecule has 2 fully saturated rings. The Bertz CT molecular complexity index is 374. The Kier molecular flexibility index (Phi) is 2.46. The van der Waals surface area contributed by atoms with Gasteiger partial charge in [-0.25, -0.2) is 0 Å². The van der Waals surface area contributed by atoms with Crippen molar-refractivity contribution in [1.82, 2.24) is 15.0 Å². The lowest BCUT2D eigenvalue weighted by Gasteiger charge is -2.20. The molecule has 0 amide bonds. The van der Waals surface area contributed by atoms with E-state index in [1.54, 1.807) is 6.92 Å². The molecule has 0 saturated heterocycles. The monoisotopic (exact) mass is 221 g/mol. The van der Waals surface area contributed by atoms with Gasteiger partial charge in [-0.05, 0) is 43.9 Å². The van der Waals surface area contributed by atoms with E-state index >= 15 is 0 Å². The van der Waals surface area contributed by atoms with Crippen LogP contribution in [0.1, 0.15) is 44.4 Å². The lowest BCUT2D eigenvalue weighted by molar-refractivity contribution is 0.194. The topological polar surface area (TPSA) is 50.9 Å². The van der Waals surface area contributed by atoms with Gasteiger partial charge in [0.1, 0.15) is 5.69 Å². The Balaban J connectivity index is 1.65. The van der Waals surface area contributed by atoms with Crippen LogP contribution in [0.5, 0.6) is 0 Å². The number of aromatic nitrogens is 3. The third-order valence-electron chi connectivity index (χ3n) is 4.29. The first-order chi connectivity index (χ1) is 7.72. The number of hydrogen-bond donors (Lipinski definition) is 1. The smallest absolute Gasteiger partial charge is 0.111 e. The minimum absolute atomic E-state index is 0.506. The maximum absolute atomic E-state index is 9.39. The van der Waals surface area contributed by atoms with Crippen LogP contribution in [0, 0.1) is 17.8 Å². The van der Waals surface area contributed by atoms with E-state index < -0.39 is 6.10 Å². The largest absolute Gasteiger partial charge is 0.387 e. The summed E-state index contributed by atoms with van der Waals surface area (Å²) in [6.45, 7) is 2.72. The molecule has 4 unspecified atom stereocenters. The summed E-state index contributed by atoms with van der Waals surface area (Å²) in [7, 11) is 0. The van der Waals surface area contributed by atoms with Crippen molar-refractivity contribution in [2.75, 3.05) is 0 Å². The molecule has 4 atom stereocenters. The highest BCUT2D eigenvalue weighted by molar-refractivity contribution is 4.96. The molecular weight excluding hydrogens is 202 g/mol. The van der Waals surface area contributed by atoms with Gasteiger partial charge in [-0.15, -0.1) is 5.10 Å². The minimum Gasteiger partial charge on any atom is -0.387 e. The van der Waals surface area contributed by atoms with Crippen molar-refractivity contribution in [1.29, 1.82) is 0 Å². The summed E-state index contributed by atoms with van der Waals surface area (Å²) in [6.07, 6.45) is 7.03. The summed E-state index contributed by atoms with van der Waals surface area (Å²) >= 11 is 0. The molecular formula is C12H19N3O. The minimum atomic E-state index is -0.506. The van der Waals surface area contributed by atoms with Crippen molar-refractivity contribution < 1.29 is 5.11 Å². The highest BCUT2D eigenvalue weighted by Gasteiger charge is 2.39. The zero-order chi connectivity index (χ0) is 11.1. The molecule has 1 N–H and O–H groups in total. The second kappa shape index (κ2) is 3.84. The highest BCUT2D eigenvalue weighted by atomic mass is 16.3. The first-order valence-corrected chi connectivity index (χ1v) is 6.30. The molecule has 4 nitrogen and oxygen atoms in total. The van der Waals surface area contributed by atoms with E-state index in [9.17, 15) is 5.11 Å². The number of rotatable bonds is 3. The number of aliphatic hydroxyl groups is 1. The number of nitrogens with zero attached hydrogens (tertiary/aromatic N) is 3. The lowest BCUT2D eigenvalue weighted by Crippen LogP contribution is -2.17. The van der Waals surface area contributed by atoms with E-state index in [1.807, 2.05) is 10.9 Å². The number of hydrogen-bond acceptors (Lipinski definition) is 3. The van der Waals surface area contributed by atoms with Gasteiger partial charge in [0, 0.05) is 6.54 Å². The van der Waals surface area contributed by atoms with Crippen LogP contribution in [0.3, 0.4) is 0 Å². The summed E-state index contributed by atoms with van der Waals surface area (Å²) in [5.74, 6) is 2.70. The SMILES string of the molecule is CC(O)c1cn(CC2CC3CCC2C3)nn1. The number of aliphatic hydroxyl groups excluding tert-OH is 1. The third kappa shape index (κ3) is 1.75. The second-order valence-electron chi connectivity index (χ2n) is 5.48. The van der Waals surface area contributed by atoms with Crippen molar-refractivity contribution in [3.63, 3.8) is 0 Å². The van der Waals surface area contributed by atoms with Gasteiger partial charge >= 0.3 is 0 Å². The molecule has 0 aromatic carbocycles. The Morgan fingerprint density at radius 3 is 2.94 bits per heavy atom. The molecule has 2 aliphatic carbocycles. The molecule has 2 aliphatic rings. The molecule has 2 bridgehead atoms. The van der Waals surface area contributed by atoms with Crippen LogP contribution in [-0.2, 0) is 6.54 Å². The van der Waals surface area contributed by atoms with Gasteiger partial charge in [-0.2, -0.15) is 0 Å². The molecule has 4 heteroatoms. The van der Waals surface area contributed by atoms with Crippen LogP contribution >= 0.6 is 0 Å². The van der Waals surface area contributed by atoms with Crippen molar-refractivity contribution in [2.24, 2.45) is 17.8 Å². The zero-order valence-electron chi connectivity index (χ0n) is 9.71. The molecule has 1 heterocycles. The van der Waals surface area contributed by atoms with E-state index in [4.69, 9.17) is 0 Å². The van der Waals surface area contributed by atoms with Crippen LogP contribution in [0.15, 0.2) is 6.20 Å². The second-order valence-corrected chi connectivity index (χ2v) is 5.48. The van der Waals surface area contributed by atoms with Crippen LogP contribution in [0.4, 0.5) is 0 Å².